The minimum absolute atomic E-state index is 0.0611. The molecular weight excluding hydrogens is 154 g/mol. The van der Waals surface area contributed by atoms with Crippen LogP contribution in [0.2, 0.25) is 0 Å². The molecule has 2 atom stereocenters. The molecule has 0 aromatic heterocycles. The van der Waals surface area contributed by atoms with E-state index in [2.05, 4.69) is 5.32 Å². The lowest BCUT2D eigenvalue weighted by molar-refractivity contribution is -0.147. The maximum absolute atomic E-state index is 11.3. The Hall–Kier alpha value is -0.570. The molecule has 0 aromatic rings. The second-order valence-electron chi connectivity index (χ2n) is 3.31. The lowest BCUT2D eigenvalue weighted by Crippen LogP contribution is -2.40. The lowest BCUT2D eigenvalue weighted by atomic mass is 9.85. The lowest BCUT2D eigenvalue weighted by Gasteiger charge is -2.28. The highest BCUT2D eigenvalue weighted by molar-refractivity contribution is 5.73. The molecule has 0 aromatic carbocycles. The van der Waals surface area contributed by atoms with Crippen molar-refractivity contribution in [3.8, 4) is 0 Å². The Labute approximate surface area is 73.5 Å². The minimum atomic E-state index is -0.0611. The fourth-order valence-electron chi connectivity index (χ4n) is 1.91. The van der Waals surface area contributed by atoms with Crippen LogP contribution in [-0.2, 0) is 9.53 Å². The number of carbonyl (C=O) groups excluding carboxylic acids is 1. The normalized spacial score (nSPS) is 29.8. The summed E-state index contributed by atoms with van der Waals surface area (Å²) in [6.45, 7) is 0. The third-order valence-electron chi connectivity index (χ3n) is 2.64. The van der Waals surface area contributed by atoms with Gasteiger partial charge in [0.1, 0.15) is 0 Å². The van der Waals surface area contributed by atoms with E-state index in [1.807, 2.05) is 7.05 Å². The van der Waals surface area contributed by atoms with Gasteiger partial charge < -0.3 is 10.1 Å². The first kappa shape index (κ1) is 9.52. The first-order valence-corrected chi connectivity index (χ1v) is 4.54. The Bertz CT molecular complexity index is 159. The van der Waals surface area contributed by atoms with Crippen molar-refractivity contribution in [2.75, 3.05) is 14.2 Å². The zero-order valence-electron chi connectivity index (χ0n) is 7.80. The van der Waals surface area contributed by atoms with Crippen molar-refractivity contribution in [1.29, 1.82) is 0 Å². The third kappa shape index (κ3) is 1.97. The van der Waals surface area contributed by atoms with Gasteiger partial charge in [-0.2, -0.15) is 0 Å². The average molecular weight is 171 g/mol. The van der Waals surface area contributed by atoms with E-state index in [4.69, 9.17) is 4.74 Å². The van der Waals surface area contributed by atoms with Gasteiger partial charge in [-0.15, -0.1) is 0 Å². The first-order chi connectivity index (χ1) is 5.79. The summed E-state index contributed by atoms with van der Waals surface area (Å²) in [4.78, 5) is 11.3. The predicted octanol–water partition coefficient (Wildman–Crippen LogP) is 0.938. The number of hydrogen-bond acceptors (Lipinski definition) is 3. The summed E-state index contributed by atoms with van der Waals surface area (Å²) in [6, 6.07) is 0.325. The van der Waals surface area contributed by atoms with E-state index >= 15 is 0 Å². The van der Waals surface area contributed by atoms with Gasteiger partial charge in [0.15, 0.2) is 0 Å². The van der Waals surface area contributed by atoms with Gasteiger partial charge in [0.2, 0.25) is 0 Å². The molecule has 0 unspecified atom stereocenters. The summed E-state index contributed by atoms with van der Waals surface area (Å²) < 4.78 is 4.74. The molecule has 3 heteroatoms. The van der Waals surface area contributed by atoms with Crippen molar-refractivity contribution in [1.82, 2.24) is 5.32 Å². The smallest absolute Gasteiger partial charge is 0.310 e. The Kier molecular flexibility index (Phi) is 3.53. The van der Waals surface area contributed by atoms with Gasteiger partial charge in [0.25, 0.3) is 0 Å². The summed E-state index contributed by atoms with van der Waals surface area (Å²) in [5.41, 5.74) is 0. The zero-order valence-corrected chi connectivity index (χ0v) is 7.80. The molecule has 1 fully saturated rings. The van der Waals surface area contributed by atoms with E-state index in [1.165, 1.54) is 13.5 Å². The van der Waals surface area contributed by atoms with Crippen LogP contribution in [0.15, 0.2) is 0 Å². The monoisotopic (exact) mass is 171 g/mol. The van der Waals surface area contributed by atoms with Crippen LogP contribution in [-0.4, -0.2) is 26.2 Å². The highest BCUT2D eigenvalue weighted by atomic mass is 16.5. The third-order valence-corrected chi connectivity index (χ3v) is 2.64. The minimum Gasteiger partial charge on any atom is -0.469 e. The number of rotatable bonds is 2. The molecule has 1 rings (SSSR count). The van der Waals surface area contributed by atoms with Gasteiger partial charge >= 0.3 is 5.97 Å². The van der Waals surface area contributed by atoms with Crippen LogP contribution in [0.1, 0.15) is 25.7 Å². The molecule has 1 aliphatic carbocycles. The maximum Gasteiger partial charge on any atom is 0.310 e. The molecule has 0 heterocycles. The molecule has 0 amide bonds. The molecule has 70 valence electrons. The Balaban J connectivity index is 2.52. The molecular formula is C9H17NO2. The molecule has 3 nitrogen and oxygen atoms in total. The van der Waals surface area contributed by atoms with Crippen molar-refractivity contribution >= 4 is 5.97 Å². The molecule has 1 aliphatic rings. The first-order valence-electron chi connectivity index (χ1n) is 4.54. The number of hydrogen-bond donors (Lipinski definition) is 1. The van der Waals surface area contributed by atoms with E-state index in [9.17, 15) is 4.79 Å². The number of ether oxygens (including phenoxy) is 1. The molecule has 1 saturated carbocycles. The van der Waals surface area contributed by atoms with E-state index in [0.29, 0.717) is 6.04 Å². The SMILES string of the molecule is CN[C@@H]1CCCC[C@H]1C(=O)OC. The number of methoxy groups -OCH3 is 1. The maximum atomic E-state index is 11.3. The highest BCUT2D eigenvalue weighted by Gasteiger charge is 2.30. The van der Waals surface area contributed by atoms with Crippen molar-refractivity contribution in [3.05, 3.63) is 0 Å². The quantitative estimate of drug-likeness (QED) is 0.628. The van der Waals surface area contributed by atoms with Crippen molar-refractivity contribution in [2.45, 2.75) is 31.7 Å². The van der Waals surface area contributed by atoms with Crippen molar-refractivity contribution in [3.63, 3.8) is 0 Å². The number of carbonyl (C=O) groups is 1. The topological polar surface area (TPSA) is 38.3 Å². The van der Waals surface area contributed by atoms with E-state index < -0.39 is 0 Å². The zero-order chi connectivity index (χ0) is 8.97. The second-order valence-corrected chi connectivity index (χ2v) is 3.31. The van der Waals surface area contributed by atoms with Crippen LogP contribution in [0, 0.1) is 5.92 Å². The van der Waals surface area contributed by atoms with Crippen LogP contribution >= 0.6 is 0 Å². The van der Waals surface area contributed by atoms with Crippen LogP contribution in [0.25, 0.3) is 0 Å². The fraction of sp³-hybridized carbons (Fsp3) is 0.889. The second kappa shape index (κ2) is 4.45. The largest absolute Gasteiger partial charge is 0.469 e. The summed E-state index contributed by atoms with van der Waals surface area (Å²) in [5, 5.41) is 3.17. The fourth-order valence-corrected chi connectivity index (χ4v) is 1.91. The number of nitrogens with one attached hydrogen (secondary N) is 1. The van der Waals surface area contributed by atoms with Gasteiger partial charge in [-0.1, -0.05) is 12.8 Å². The summed E-state index contributed by atoms with van der Waals surface area (Å²) in [7, 11) is 3.37. The van der Waals surface area contributed by atoms with E-state index in [1.54, 1.807) is 0 Å². The van der Waals surface area contributed by atoms with E-state index in [0.717, 1.165) is 19.3 Å². The van der Waals surface area contributed by atoms with Gasteiger partial charge in [-0.05, 0) is 19.9 Å². The molecule has 0 spiro atoms. The average Bonchev–Trinajstić information content (AvgIpc) is 2.16. The van der Waals surface area contributed by atoms with Crippen LogP contribution < -0.4 is 5.32 Å². The summed E-state index contributed by atoms with van der Waals surface area (Å²) >= 11 is 0. The number of esters is 1. The summed E-state index contributed by atoms with van der Waals surface area (Å²) in [5.74, 6) is 0.0165. The molecule has 12 heavy (non-hydrogen) atoms. The Morgan fingerprint density at radius 3 is 2.67 bits per heavy atom. The highest BCUT2D eigenvalue weighted by Crippen LogP contribution is 2.24. The van der Waals surface area contributed by atoms with Gasteiger partial charge in [-0.3, -0.25) is 4.79 Å². The molecule has 0 aliphatic heterocycles. The molecule has 0 bridgehead atoms. The molecule has 0 saturated heterocycles. The van der Waals surface area contributed by atoms with Gasteiger partial charge in [0, 0.05) is 6.04 Å². The standard InChI is InChI=1S/C9H17NO2/c1-10-8-6-4-3-5-7(8)9(11)12-2/h7-8,10H,3-6H2,1-2H3/t7-,8-/m1/s1. The predicted molar refractivity (Wildman–Crippen MR) is 46.8 cm³/mol. The van der Waals surface area contributed by atoms with Crippen LogP contribution in [0.3, 0.4) is 0 Å². The van der Waals surface area contributed by atoms with Gasteiger partial charge in [-0.25, -0.2) is 0 Å². The van der Waals surface area contributed by atoms with E-state index in [-0.39, 0.29) is 11.9 Å². The Morgan fingerprint density at radius 1 is 1.42 bits per heavy atom. The Morgan fingerprint density at radius 2 is 2.08 bits per heavy atom. The van der Waals surface area contributed by atoms with Crippen molar-refractivity contribution in [2.24, 2.45) is 5.92 Å². The van der Waals surface area contributed by atoms with Crippen LogP contribution in [0.5, 0.6) is 0 Å². The summed E-state index contributed by atoms with van der Waals surface area (Å²) in [6.07, 6.45) is 4.44. The molecule has 0 radical (unpaired) electrons. The van der Waals surface area contributed by atoms with Gasteiger partial charge in [0.05, 0.1) is 13.0 Å². The van der Waals surface area contributed by atoms with Crippen LogP contribution in [0.4, 0.5) is 0 Å². The van der Waals surface area contributed by atoms with Crippen molar-refractivity contribution < 1.29 is 9.53 Å². The molecule has 1 N–H and O–H groups in total.